The van der Waals surface area contributed by atoms with Crippen LogP contribution in [0.25, 0.3) is 0 Å². The minimum absolute atomic E-state index is 0.0152. The van der Waals surface area contributed by atoms with Gasteiger partial charge in [0.1, 0.15) is 12.6 Å². The van der Waals surface area contributed by atoms with E-state index in [1.165, 1.54) is 18.2 Å². The maximum atomic E-state index is 13.9. The van der Waals surface area contributed by atoms with Crippen molar-refractivity contribution in [3.8, 4) is 0 Å². The number of anilines is 2. The number of rotatable bonds is 8. The maximum absolute atomic E-state index is 13.9. The molecule has 0 aliphatic carbocycles. The van der Waals surface area contributed by atoms with Crippen molar-refractivity contribution in [2.45, 2.75) is 18.4 Å². The molecule has 1 aromatic carbocycles. The van der Waals surface area contributed by atoms with Gasteiger partial charge in [-0.1, -0.05) is 11.6 Å². The second-order valence-electron chi connectivity index (χ2n) is 8.17. The largest absolute Gasteiger partial charge is 0.418 e. The van der Waals surface area contributed by atoms with Gasteiger partial charge in [0.05, 0.1) is 33.6 Å². The number of hydrogen-bond acceptors (Lipinski definition) is 6. The highest BCUT2D eigenvalue weighted by Crippen LogP contribution is 2.38. The molecule has 2 N–H and O–H groups in total. The number of hydrogen-bond donors (Lipinski definition) is 2. The zero-order valence-corrected chi connectivity index (χ0v) is 21.2. The molecule has 8 nitrogen and oxygen atoms in total. The molecule has 3 rings (SSSR count). The summed E-state index contributed by atoms with van der Waals surface area (Å²) in [4.78, 5) is 39.1. The normalized spacial score (nSPS) is 15.5. The van der Waals surface area contributed by atoms with Gasteiger partial charge in [-0.3, -0.25) is 19.3 Å². The fourth-order valence-corrected chi connectivity index (χ4v) is 4.56. The van der Waals surface area contributed by atoms with E-state index in [9.17, 15) is 40.7 Å². The zero-order chi connectivity index (χ0) is 28.3. The molecule has 38 heavy (non-hydrogen) atoms. The lowest BCUT2D eigenvalue weighted by molar-refractivity contribution is -0.150. The molecule has 0 unspecified atom stereocenters. The van der Waals surface area contributed by atoms with Crippen LogP contribution < -0.4 is 15.5 Å². The molecule has 0 saturated carbocycles. The third-order valence-corrected chi connectivity index (χ3v) is 6.61. The maximum Gasteiger partial charge on any atom is 0.418 e. The van der Waals surface area contributed by atoms with Crippen LogP contribution in [-0.4, -0.2) is 74.7 Å². The summed E-state index contributed by atoms with van der Waals surface area (Å²) >= 11 is 6.67. The van der Waals surface area contributed by atoms with E-state index in [1.807, 2.05) is 5.32 Å². The van der Waals surface area contributed by atoms with E-state index in [2.05, 4.69) is 5.32 Å². The molecule has 1 atom stereocenters. The number of morpholine rings is 1. The summed E-state index contributed by atoms with van der Waals surface area (Å²) in [6.07, 6.45) is -9.71. The van der Waals surface area contributed by atoms with Crippen LogP contribution in [0.5, 0.6) is 0 Å². The lowest BCUT2D eigenvalue weighted by Gasteiger charge is -2.29. The molecule has 3 amide bonds. The van der Waals surface area contributed by atoms with Gasteiger partial charge in [-0.2, -0.15) is 26.3 Å². The Bertz CT molecular complexity index is 1190. The third-order valence-electron chi connectivity index (χ3n) is 5.38. The van der Waals surface area contributed by atoms with E-state index >= 15 is 0 Å². The van der Waals surface area contributed by atoms with Crippen molar-refractivity contribution >= 4 is 52.0 Å². The number of carbonyl (C=O) groups excluding carboxylic acids is 3. The minimum atomic E-state index is -4.98. The van der Waals surface area contributed by atoms with Gasteiger partial charge in [0.2, 0.25) is 5.91 Å². The Morgan fingerprint density at radius 1 is 1.18 bits per heavy atom. The predicted octanol–water partition coefficient (Wildman–Crippen LogP) is 4.01. The summed E-state index contributed by atoms with van der Waals surface area (Å²) < 4.78 is 85.9. The fourth-order valence-electron chi connectivity index (χ4n) is 3.61. The van der Waals surface area contributed by atoms with E-state index in [4.69, 9.17) is 16.3 Å². The van der Waals surface area contributed by atoms with Crippen molar-refractivity contribution in [2.24, 2.45) is 0 Å². The molecular weight excluding hydrogens is 566 g/mol. The summed E-state index contributed by atoms with van der Waals surface area (Å²) in [7, 11) is 0.948. The molecule has 16 heteroatoms. The van der Waals surface area contributed by atoms with Gasteiger partial charge in [-0.05, 0) is 37.4 Å². The zero-order valence-electron chi connectivity index (χ0n) is 19.6. The quantitative estimate of drug-likeness (QED) is 0.456. The Hall–Kier alpha value is -2.88. The van der Waals surface area contributed by atoms with Gasteiger partial charge >= 0.3 is 12.4 Å². The smallest absolute Gasteiger partial charge is 0.370 e. The van der Waals surface area contributed by atoms with Crippen LogP contribution in [0.4, 0.5) is 37.7 Å². The molecule has 0 radical (unpaired) electrons. The number of amides is 3. The Kier molecular flexibility index (Phi) is 9.28. The molecule has 1 aliphatic heterocycles. The second-order valence-corrected chi connectivity index (χ2v) is 9.89. The third kappa shape index (κ3) is 7.82. The summed E-state index contributed by atoms with van der Waals surface area (Å²) in [5.41, 5.74) is -2.12. The predicted molar refractivity (Wildman–Crippen MR) is 127 cm³/mol. The Morgan fingerprint density at radius 2 is 1.89 bits per heavy atom. The van der Waals surface area contributed by atoms with E-state index in [0.717, 1.165) is 29.4 Å². The van der Waals surface area contributed by atoms with Crippen molar-refractivity contribution in [2.75, 3.05) is 50.1 Å². The number of ether oxygens (including phenoxy) is 1. The summed E-state index contributed by atoms with van der Waals surface area (Å²) in [5, 5.41) is 4.34. The highest BCUT2D eigenvalue weighted by molar-refractivity contribution is 7.18. The van der Waals surface area contributed by atoms with Gasteiger partial charge in [0.25, 0.3) is 11.8 Å². The van der Waals surface area contributed by atoms with E-state index in [-0.39, 0.29) is 34.7 Å². The molecule has 2 heterocycles. The average Bonchev–Trinajstić information content (AvgIpc) is 3.24. The lowest BCUT2D eigenvalue weighted by Crippen LogP contribution is -2.51. The first-order valence-electron chi connectivity index (χ1n) is 10.9. The van der Waals surface area contributed by atoms with Gasteiger partial charge in [-0.15, -0.1) is 11.3 Å². The van der Waals surface area contributed by atoms with Crippen LogP contribution in [0.15, 0.2) is 30.3 Å². The van der Waals surface area contributed by atoms with E-state index in [1.54, 1.807) is 0 Å². The lowest BCUT2D eigenvalue weighted by atomic mass is 10.1. The van der Waals surface area contributed by atoms with Crippen LogP contribution in [0.1, 0.15) is 15.2 Å². The SMILES string of the molecule is CN(CC(F)(F)F)[C@@H](CNC(=O)c1ccc(Cl)s1)C(=O)Nc1ccc(N2CCOCC2=O)cc1C(F)(F)F. The number of halogens is 7. The molecule has 1 aliphatic rings. The molecule has 1 aromatic heterocycles. The van der Waals surface area contributed by atoms with Crippen LogP contribution in [0, 0.1) is 0 Å². The van der Waals surface area contributed by atoms with Gasteiger partial charge < -0.3 is 20.3 Å². The Labute approximate surface area is 221 Å². The highest BCUT2D eigenvalue weighted by atomic mass is 35.5. The van der Waals surface area contributed by atoms with Crippen molar-refractivity contribution < 1.29 is 45.5 Å². The van der Waals surface area contributed by atoms with E-state index < -0.39 is 60.5 Å². The van der Waals surface area contributed by atoms with Crippen molar-refractivity contribution in [1.29, 1.82) is 0 Å². The molecule has 208 valence electrons. The van der Waals surface area contributed by atoms with Crippen molar-refractivity contribution in [3.05, 3.63) is 45.1 Å². The standard InChI is InChI=1S/C22H21ClF6N4O4S/c1-32(11-21(24,25)26)15(9-30-20(36)16-4-5-17(23)38-16)19(35)31-14-3-2-12(8-13(14)22(27,28)29)33-6-7-37-10-18(33)34/h2-5,8,15H,6-7,9-11H2,1H3,(H,30,36)(H,31,35)/t15-/m0/s1. The number of benzene rings is 1. The summed E-state index contributed by atoms with van der Waals surface area (Å²) in [6, 6.07) is 3.84. The number of nitrogens with one attached hydrogen (secondary N) is 2. The van der Waals surface area contributed by atoms with Crippen molar-refractivity contribution in [1.82, 2.24) is 10.2 Å². The minimum Gasteiger partial charge on any atom is -0.370 e. The second kappa shape index (κ2) is 11.9. The molecule has 0 spiro atoms. The Morgan fingerprint density at radius 3 is 2.47 bits per heavy atom. The topological polar surface area (TPSA) is 91.0 Å². The van der Waals surface area contributed by atoms with Gasteiger partial charge in [-0.25, -0.2) is 0 Å². The molecule has 0 bridgehead atoms. The van der Waals surface area contributed by atoms with Crippen molar-refractivity contribution in [3.63, 3.8) is 0 Å². The summed E-state index contributed by atoms with van der Waals surface area (Å²) in [6.45, 7) is -2.40. The molecule has 1 fully saturated rings. The molecule has 1 saturated heterocycles. The summed E-state index contributed by atoms with van der Waals surface area (Å²) in [5.74, 6) is -2.50. The number of alkyl halides is 6. The molecular formula is C22H21ClF6N4O4S. The molecule has 2 aromatic rings. The number of thiophene rings is 1. The number of carbonyl (C=O) groups is 3. The Balaban J connectivity index is 1.85. The number of likely N-dealkylation sites (N-methyl/N-ethyl adjacent to an activating group) is 1. The first-order valence-corrected chi connectivity index (χ1v) is 12.1. The van der Waals surface area contributed by atoms with Crippen LogP contribution in [0.3, 0.4) is 0 Å². The number of nitrogens with zero attached hydrogens (tertiary/aromatic N) is 2. The first-order chi connectivity index (χ1) is 17.7. The van der Waals surface area contributed by atoms with Crippen LogP contribution in [-0.2, 0) is 20.5 Å². The van der Waals surface area contributed by atoms with Crippen LogP contribution in [0.2, 0.25) is 4.34 Å². The van der Waals surface area contributed by atoms with E-state index in [0.29, 0.717) is 11.0 Å². The monoisotopic (exact) mass is 586 g/mol. The highest BCUT2D eigenvalue weighted by Gasteiger charge is 2.38. The van der Waals surface area contributed by atoms with Crippen LogP contribution >= 0.6 is 22.9 Å². The van der Waals surface area contributed by atoms with Gasteiger partial charge in [0, 0.05) is 18.8 Å². The average molecular weight is 587 g/mol. The first kappa shape index (κ1) is 29.7. The fraction of sp³-hybridized carbons (Fsp3) is 0.409. The van der Waals surface area contributed by atoms with Gasteiger partial charge in [0.15, 0.2) is 0 Å².